The van der Waals surface area contributed by atoms with E-state index >= 15 is 0 Å². The molecule has 32 heavy (non-hydrogen) atoms. The molecule has 0 aromatic heterocycles. The number of anilines is 1. The second kappa shape index (κ2) is 9.44. The van der Waals surface area contributed by atoms with Crippen molar-refractivity contribution >= 4 is 23.1 Å². The van der Waals surface area contributed by atoms with Gasteiger partial charge < -0.3 is 19.3 Å². The lowest BCUT2D eigenvalue weighted by Gasteiger charge is -2.38. The molecular weight excluding hydrogens is 406 g/mol. The van der Waals surface area contributed by atoms with Crippen molar-refractivity contribution < 1.29 is 19.1 Å². The molecule has 0 saturated carbocycles. The number of hydrogen-bond acceptors (Lipinski definition) is 6. The van der Waals surface area contributed by atoms with E-state index in [0.717, 1.165) is 35.7 Å². The zero-order valence-corrected chi connectivity index (χ0v) is 18.8. The van der Waals surface area contributed by atoms with Gasteiger partial charge in [-0.25, -0.2) is 0 Å². The van der Waals surface area contributed by atoms with E-state index in [-0.39, 0.29) is 18.4 Å². The number of piperazine rings is 1. The molecule has 168 valence electrons. The summed E-state index contributed by atoms with van der Waals surface area (Å²) in [6, 6.07) is 15.7. The zero-order chi connectivity index (χ0) is 22.7. The van der Waals surface area contributed by atoms with Crippen molar-refractivity contribution in [1.82, 2.24) is 9.80 Å². The summed E-state index contributed by atoms with van der Waals surface area (Å²) in [7, 11) is 3.24. The third kappa shape index (κ3) is 4.08. The molecule has 2 aliphatic rings. The molecule has 2 aliphatic heterocycles. The Labute approximate surface area is 188 Å². The van der Waals surface area contributed by atoms with Crippen molar-refractivity contribution in [3.05, 3.63) is 65.4 Å². The average Bonchev–Trinajstić information content (AvgIpc) is 3.07. The van der Waals surface area contributed by atoms with Gasteiger partial charge in [-0.2, -0.15) is 0 Å². The van der Waals surface area contributed by atoms with Gasteiger partial charge in [-0.15, -0.1) is 0 Å². The van der Waals surface area contributed by atoms with Crippen molar-refractivity contribution in [2.24, 2.45) is 0 Å². The number of carbonyl (C=O) groups is 2. The Balaban J connectivity index is 1.62. The molecule has 7 nitrogen and oxygen atoms in total. The lowest BCUT2D eigenvalue weighted by Crippen LogP contribution is -2.48. The number of nitrogens with zero attached hydrogens (tertiary/aromatic N) is 3. The number of carbonyl (C=O) groups excluding carboxylic acids is 2. The van der Waals surface area contributed by atoms with E-state index in [2.05, 4.69) is 4.90 Å². The number of para-hydroxylation sites is 2. The fourth-order valence-corrected chi connectivity index (χ4v) is 4.28. The summed E-state index contributed by atoms with van der Waals surface area (Å²) in [6.45, 7) is 5.29. The van der Waals surface area contributed by atoms with Crippen LogP contribution >= 0.6 is 0 Å². The molecule has 0 radical (unpaired) electrons. The highest BCUT2D eigenvalue weighted by molar-refractivity contribution is 6.35. The van der Waals surface area contributed by atoms with Crippen LogP contribution in [-0.2, 0) is 14.3 Å². The summed E-state index contributed by atoms with van der Waals surface area (Å²) >= 11 is 0. The summed E-state index contributed by atoms with van der Waals surface area (Å²) in [5.74, 6) is 0.338. The molecule has 4 rings (SSSR count). The summed E-state index contributed by atoms with van der Waals surface area (Å²) < 4.78 is 10.6. The number of hydrogen-bond donors (Lipinski definition) is 0. The number of amides is 2. The zero-order valence-electron chi connectivity index (χ0n) is 18.8. The lowest BCUT2D eigenvalue weighted by atomic mass is 10.0. The van der Waals surface area contributed by atoms with Crippen LogP contribution in [0.5, 0.6) is 5.75 Å². The molecule has 1 fully saturated rings. The number of aryl methyl sites for hydroxylation is 1. The minimum atomic E-state index is -0.252. The minimum Gasteiger partial charge on any atom is -0.495 e. The average molecular weight is 436 g/mol. The van der Waals surface area contributed by atoms with E-state index in [0.29, 0.717) is 31.0 Å². The molecular formula is C25H29N3O4. The Morgan fingerprint density at radius 3 is 2.16 bits per heavy atom. The monoisotopic (exact) mass is 435 g/mol. The lowest BCUT2D eigenvalue weighted by molar-refractivity contribution is -0.138. The molecule has 2 heterocycles. The van der Waals surface area contributed by atoms with Gasteiger partial charge in [0.1, 0.15) is 11.4 Å². The van der Waals surface area contributed by atoms with Gasteiger partial charge in [0.25, 0.3) is 11.8 Å². The predicted octanol–water partition coefficient (Wildman–Crippen LogP) is 2.55. The van der Waals surface area contributed by atoms with E-state index in [4.69, 9.17) is 9.47 Å². The highest BCUT2D eigenvalue weighted by Crippen LogP contribution is 2.34. The summed E-state index contributed by atoms with van der Waals surface area (Å²) in [5.41, 5.74) is 3.90. The van der Waals surface area contributed by atoms with Crippen molar-refractivity contribution in [2.45, 2.75) is 6.92 Å². The molecule has 0 aliphatic carbocycles. The SMILES string of the molecule is COCCN1C(=O)C(c2ccc(C)cc2)=C(N2CCN(c3ccccc3OC)CC2)C1=O. The van der Waals surface area contributed by atoms with E-state index in [1.54, 1.807) is 14.2 Å². The summed E-state index contributed by atoms with van der Waals surface area (Å²) in [5, 5.41) is 0. The molecule has 0 spiro atoms. The van der Waals surface area contributed by atoms with Gasteiger partial charge >= 0.3 is 0 Å². The van der Waals surface area contributed by atoms with E-state index in [1.165, 1.54) is 4.90 Å². The maximum Gasteiger partial charge on any atom is 0.277 e. The van der Waals surface area contributed by atoms with Crippen molar-refractivity contribution in [3.63, 3.8) is 0 Å². The Hall–Kier alpha value is -3.32. The quantitative estimate of drug-likeness (QED) is 0.623. The molecule has 7 heteroatoms. The summed E-state index contributed by atoms with van der Waals surface area (Å²) in [6.07, 6.45) is 0. The predicted molar refractivity (Wildman–Crippen MR) is 123 cm³/mol. The topological polar surface area (TPSA) is 62.3 Å². The number of ether oxygens (including phenoxy) is 2. The van der Waals surface area contributed by atoms with Crippen molar-refractivity contribution in [3.8, 4) is 5.75 Å². The fraction of sp³-hybridized carbons (Fsp3) is 0.360. The number of methoxy groups -OCH3 is 2. The van der Waals surface area contributed by atoms with Gasteiger partial charge in [-0.05, 0) is 24.6 Å². The van der Waals surface area contributed by atoms with Crippen LogP contribution in [0, 0.1) is 6.92 Å². The van der Waals surface area contributed by atoms with Gasteiger partial charge in [0.15, 0.2) is 0 Å². The molecule has 1 saturated heterocycles. The van der Waals surface area contributed by atoms with E-state index < -0.39 is 0 Å². The molecule has 2 aromatic rings. The first kappa shape index (κ1) is 21.9. The van der Waals surface area contributed by atoms with Gasteiger partial charge in [0, 0.05) is 33.3 Å². The van der Waals surface area contributed by atoms with Crippen LogP contribution in [0.1, 0.15) is 11.1 Å². The van der Waals surface area contributed by atoms with E-state index in [1.807, 2.05) is 60.4 Å². The van der Waals surface area contributed by atoms with Crippen LogP contribution < -0.4 is 9.64 Å². The highest BCUT2D eigenvalue weighted by atomic mass is 16.5. The fourth-order valence-electron chi connectivity index (χ4n) is 4.28. The van der Waals surface area contributed by atoms with Crippen LogP contribution in [0.3, 0.4) is 0 Å². The van der Waals surface area contributed by atoms with Crippen LogP contribution in [0.15, 0.2) is 54.2 Å². The van der Waals surface area contributed by atoms with Crippen molar-refractivity contribution in [1.29, 1.82) is 0 Å². The maximum absolute atomic E-state index is 13.3. The first-order valence-corrected chi connectivity index (χ1v) is 10.8. The van der Waals surface area contributed by atoms with Gasteiger partial charge in [0.2, 0.25) is 0 Å². The van der Waals surface area contributed by atoms with Crippen LogP contribution in [-0.4, -0.2) is 75.2 Å². The molecule has 0 N–H and O–H groups in total. The molecule has 0 bridgehead atoms. The number of benzene rings is 2. The largest absolute Gasteiger partial charge is 0.495 e. The van der Waals surface area contributed by atoms with Gasteiger partial charge in [-0.3, -0.25) is 14.5 Å². The number of rotatable bonds is 7. The second-order valence-corrected chi connectivity index (χ2v) is 7.99. The Bertz CT molecular complexity index is 1020. The normalized spacial score (nSPS) is 16.9. The highest BCUT2D eigenvalue weighted by Gasteiger charge is 2.42. The van der Waals surface area contributed by atoms with Crippen LogP contribution in [0.4, 0.5) is 5.69 Å². The first-order chi connectivity index (χ1) is 15.5. The Morgan fingerprint density at radius 2 is 1.50 bits per heavy atom. The first-order valence-electron chi connectivity index (χ1n) is 10.8. The third-order valence-electron chi connectivity index (χ3n) is 6.02. The minimum absolute atomic E-state index is 0.242. The van der Waals surface area contributed by atoms with E-state index in [9.17, 15) is 9.59 Å². The van der Waals surface area contributed by atoms with Crippen LogP contribution in [0.2, 0.25) is 0 Å². The second-order valence-electron chi connectivity index (χ2n) is 7.99. The smallest absolute Gasteiger partial charge is 0.277 e. The van der Waals surface area contributed by atoms with Gasteiger partial charge in [0.05, 0.1) is 31.5 Å². The van der Waals surface area contributed by atoms with Gasteiger partial charge in [-0.1, -0.05) is 42.0 Å². The Morgan fingerprint density at radius 1 is 0.844 bits per heavy atom. The summed E-state index contributed by atoms with van der Waals surface area (Å²) in [4.78, 5) is 32.2. The third-order valence-corrected chi connectivity index (χ3v) is 6.02. The molecule has 2 amide bonds. The standard InChI is InChI=1S/C25H29N3O4/c1-18-8-10-19(11-9-18)22-23(25(30)28(24(22)29)16-17-31-2)27-14-12-26(13-15-27)20-6-4-5-7-21(20)32-3/h4-11H,12-17H2,1-3H3. The molecule has 0 atom stereocenters. The van der Waals surface area contributed by atoms with Crippen molar-refractivity contribution in [2.75, 3.05) is 58.5 Å². The molecule has 0 unspecified atom stereocenters. The molecule has 2 aromatic carbocycles. The van der Waals surface area contributed by atoms with Crippen LogP contribution in [0.25, 0.3) is 5.57 Å². The maximum atomic E-state index is 13.3. The Kier molecular flexibility index (Phi) is 6.46. The number of imide groups is 1.